The molecule has 2 heterocycles. The minimum atomic E-state index is -0.0591. The number of fused-ring (bicyclic) bond motifs is 1. The quantitative estimate of drug-likeness (QED) is 0.380. The smallest absolute Gasteiger partial charge is 0.239 e. The first kappa shape index (κ1) is 21.7. The summed E-state index contributed by atoms with van der Waals surface area (Å²) in [5.74, 6) is 0.273. The van der Waals surface area contributed by atoms with Gasteiger partial charge in [-0.2, -0.15) is 10.4 Å². The van der Waals surface area contributed by atoms with Crippen LogP contribution >= 0.6 is 15.9 Å². The summed E-state index contributed by atoms with van der Waals surface area (Å²) >= 11 is 3.62. The number of hydrogen-bond acceptors (Lipinski definition) is 4. The third-order valence-electron chi connectivity index (χ3n) is 5.47. The second-order valence-electron chi connectivity index (χ2n) is 7.52. The lowest BCUT2D eigenvalue weighted by molar-refractivity contribution is -0.121. The summed E-state index contributed by atoms with van der Waals surface area (Å²) in [5.41, 5.74) is 10.0. The van der Waals surface area contributed by atoms with Gasteiger partial charge in [0.2, 0.25) is 5.91 Å². The molecule has 4 rings (SSSR count). The molecule has 0 aliphatic carbocycles. The fraction of sp³-hybridized carbons (Fsp3) is 0.208. The molecule has 162 valence electrons. The van der Waals surface area contributed by atoms with Crippen molar-refractivity contribution in [3.8, 4) is 11.8 Å². The molecule has 3 N–H and O–H groups in total. The summed E-state index contributed by atoms with van der Waals surface area (Å²) in [5, 5.41) is 18.1. The number of aromatic nitrogens is 3. The number of nitrogens with zero attached hydrogens (tertiary/aromatic N) is 4. The molecule has 0 fully saturated rings. The molecule has 0 radical (unpaired) electrons. The van der Waals surface area contributed by atoms with Gasteiger partial charge in [0, 0.05) is 27.6 Å². The zero-order valence-corrected chi connectivity index (χ0v) is 19.3. The van der Waals surface area contributed by atoms with Gasteiger partial charge in [0.15, 0.2) is 0 Å². The average molecular weight is 491 g/mol. The number of benzene rings is 2. The Morgan fingerprint density at radius 2 is 1.91 bits per heavy atom. The van der Waals surface area contributed by atoms with E-state index in [1.807, 2.05) is 66.1 Å². The van der Waals surface area contributed by atoms with Gasteiger partial charge in [0.1, 0.15) is 24.0 Å². The van der Waals surface area contributed by atoms with Crippen LogP contribution in [0.5, 0.6) is 0 Å². The summed E-state index contributed by atoms with van der Waals surface area (Å²) in [6.45, 7) is 2.73. The fourth-order valence-electron chi connectivity index (χ4n) is 3.82. The maximum absolute atomic E-state index is 12.6. The van der Waals surface area contributed by atoms with Crippen molar-refractivity contribution in [2.24, 2.45) is 0 Å². The number of nitrogens with one attached hydrogen (secondary N) is 1. The van der Waals surface area contributed by atoms with Crippen LogP contribution in [0.3, 0.4) is 0 Å². The number of hydrogen-bond donors (Lipinski definition) is 2. The Kier molecular flexibility index (Phi) is 6.28. The lowest BCUT2D eigenvalue weighted by atomic mass is 10.1. The predicted molar refractivity (Wildman–Crippen MR) is 128 cm³/mol. The number of amides is 1. The number of rotatable bonds is 7. The highest BCUT2D eigenvalue weighted by Crippen LogP contribution is 2.30. The van der Waals surface area contributed by atoms with Crippen molar-refractivity contribution >= 4 is 38.6 Å². The van der Waals surface area contributed by atoms with Crippen LogP contribution in [0.2, 0.25) is 0 Å². The van der Waals surface area contributed by atoms with E-state index in [4.69, 9.17) is 5.73 Å². The Bertz CT molecular complexity index is 1320. The predicted octanol–water partition coefficient (Wildman–Crippen LogP) is 4.10. The largest absolute Gasteiger partial charge is 0.382 e. The fourth-order valence-corrected chi connectivity index (χ4v) is 4.37. The number of halogens is 1. The third kappa shape index (κ3) is 4.12. The van der Waals surface area contributed by atoms with Gasteiger partial charge in [0.05, 0.1) is 11.4 Å². The van der Waals surface area contributed by atoms with E-state index in [1.54, 1.807) is 4.68 Å². The molecule has 0 aliphatic heterocycles. The van der Waals surface area contributed by atoms with Gasteiger partial charge in [-0.1, -0.05) is 36.4 Å². The molecule has 0 bridgehead atoms. The maximum atomic E-state index is 12.6. The second-order valence-corrected chi connectivity index (χ2v) is 8.32. The van der Waals surface area contributed by atoms with Crippen molar-refractivity contribution < 1.29 is 4.79 Å². The molecule has 0 saturated heterocycles. The number of nitriles is 1. The zero-order chi connectivity index (χ0) is 22.7. The van der Waals surface area contributed by atoms with Crippen molar-refractivity contribution in [1.82, 2.24) is 19.7 Å². The lowest BCUT2D eigenvalue weighted by Gasteiger charge is -2.09. The van der Waals surface area contributed by atoms with Gasteiger partial charge in [-0.3, -0.25) is 4.79 Å². The number of carbonyl (C=O) groups excluding carboxylic acids is 1. The van der Waals surface area contributed by atoms with Crippen LogP contribution in [-0.2, 0) is 17.8 Å². The highest BCUT2D eigenvalue weighted by Gasteiger charge is 2.17. The van der Waals surface area contributed by atoms with Crippen LogP contribution in [0, 0.1) is 18.3 Å². The Morgan fingerprint density at radius 1 is 1.19 bits per heavy atom. The van der Waals surface area contributed by atoms with Crippen LogP contribution in [0.15, 0.2) is 59.1 Å². The number of nitrogens with two attached hydrogens (primary N) is 1. The molecule has 32 heavy (non-hydrogen) atoms. The van der Waals surface area contributed by atoms with Gasteiger partial charge in [-0.05, 0) is 53.9 Å². The number of nitrogen functional groups attached to an aromatic ring is 1. The minimum absolute atomic E-state index is 0.0591. The van der Waals surface area contributed by atoms with Crippen molar-refractivity contribution in [3.63, 3.8) is 0 Å². The van der Waals surface area contributed by atoms with Crippen molar-refractivity contribution in [2.45, 2.75) is 26.3 Å². The molecule has 7 nitrogen and oxygen atoms in total. The summed E-state index contributed by atoms with van der Waals surface area (Å²) in [6.07, 6.45) is 1.20. The van der Waals surface area contributed by atoms with Gasteiger partial charge >= 0.3 is 0 Å². The average Bonchev–Trinajstić information content (AvgIpc) is 3.26. The van der Waals surface area contributed by atoms with E-state index < -0.39 is 0 Å². The zero-order valence-electron chi connectivity index (χ0n) is 17.7. The lowest BCUT2D eigenvalue weighted by Crippen LogP contribution is -2.29. The van der Waals surface area contributed by atoms with Crippen LogP contribution in [0.1, 0.15) is 23.4 Å². The van der Waals surface area contributed by atoms with E-state index in [1.165, 1.54) is 0 Å². The highest BCUT2D eigenvalue weighted by atomic mass is 79.9. The third-order valence-corrected chi connectivity index (χ3v) is 6.48. The summed E-state index contributed by atoms with van der Waals surface area (Å²) in [7, 11) is 0. The molecule has 1 amide bonds. The molecule has 8 heteroatoms. The maximum Gasteiger partial charge on any atom is 0.239 e. The molecule has 0 saturated carbocycles. The van der Waals surface area contributed by atoms with Gasteiger partial charge < -0.3 is 15.6 Å². The van der Waals surface area contributed by atoms with Crippen molar-refractivity contribution in [3.05, 3.63) is 76.0 Å². The molecule has 2 aromatic carbocycles. The van der Waals surface area contributed by atoms with E-state index in [0.29, 0.717) is 36.5 Å². The topological polar surface area (TPSA) is 102 Å². The number of aryl methyl sites for hydroxylation is 1. The number of anilines is 1. The highest BCUT2D eigenvalue weighted by molar-refractivity contribution is 9.10. The molecular formula is C24H23BrN6O. The molecule has 4 aromatic rings. The Labute approximate surface area is 194 Å². The molecule has 0 atom stereocenters. The standard InChI is InChI=1S/C24H23BrN6O/c1-16-23(25)18-10-5-6-12-21(18)30(16)15-22(32)28-13-7-11-20-19(14-26)24(27)31(29-20)17-8-3-2-4-9-17/h2-6,8-10,12H,7,11,13,15,27H2,1H3,(H,28,32). The van der Waals surface area contributed by atoms with E-state index in [-0.39, 0.29) is 12.5 Å². The number of para-hydroxylation sites is 2. The van der Waals surface area contributed by atoms with Gasteiger partial charge in [-0.25, -0.2) is 4.68 Å². The van der Waals surface area contributed by atoms with Crippen LogP contribution in [0.4, 0.5) is 5.82 Å². The van der Waals surface area contributed by atoms with Gasteiger partial charge in [-0.15, -0.1) is 0 Å². The normalized spacial score (nSPS) is 10.9. The minimum Gasteiger partial charge on any atom is -0.382 e. The summed E-state index contributed by atoms with van der Waals surface area (Å²) in [4.78, 5) is 12.6. The van der Waals surface area contributed by atoms with Crippen molar-refractivity contribution in [2.75, 3.05) is 12.3 Å². The Morgan fingerprint density at radius 3 is 2.66 bits per heavy atom. The molecule has 0 aliphatic rings. The summed E-state index contributed by atoms with van der Waals surface area (Å²) in [6, 6.07) is 19.6. The van der Waals surface area contributed by atoms with Crippen LogP contribution in [0.25, 0.3) is 16.6 Å². The monoisotopic (exact) mass is 490 g/mol. The van der Waals surface area contributed by atoms with Gasteiger partial charge in [0.25, 0.3) is 0 Å². The molecule has 2 aromatic heterocycles. The van der Waals surface area contributed by atoms with E-state index in [2.05, 4.69) is 32.4 Å². The molecular weight excluding hydrogens is 468 g/mol. The second kappa shape index (κ2) is 9.28. The van der Waals surface area contributed by atoms with E-state index in [9.17, 15) is 10.1 Å². The van der Waals surface area contributed by atoms with E-state index >= 15 is 0 Å². The number of carbonyl (C=O) groups is 1. The van der Waals surface area contributed by atoms with Crippen LogP contribution < -0.4 is 11.1 Å². The Balaban J connectivity index is 1.38. The molecule has 0 spiro atoms. The van der Waals surface area contributed by atoms with Crippen LogP contribution in [-0.4, -0.2) is 26.8 Å². The molecule has 0 unspecified atom stereocenters. The van der Waals surface area contributed by atoms with Crippen molar-refractivity contribution in [1.29, 1.82) is 5.26 Å². The van der Waals surface area contributed by atoms with E-state index in [0.717, 1.165) is 26.8 Å². The first-order chi connectivity index (χ1) is 15.5. The first-order valence-electron chi connectivity index (χ1n) is 10.3. The summed E-state index contributed by atoms with van der Waals surface area (Å²) < 4.78 is 4.60. The first-order valence-corrected chi connectivity index (χ1v) is 11.1. The Hall–Kier alpha value is -3.57. The SMILES string of the molecule is Cc1c(Br)c2ccccc2n1CC(=O)NCCCc1nn(-c2ccccc2)c(N)c1C#N.